The van der Waals surface area contributed by atoms with Crippen LogP contribution in [0.4, 0.5) is 5.69 Å². The van der Waals surface area contributed by atoms with E-state index in [2.05, 4.69) is 63.2 Å². The molecule has 30 heavy (non-hydrogen) atoms. The van der Waals surface area contributed by atoms with Crippen molar-refractivity contribution in [3.05, 3.63) is 60.2 Å². The van der Waals surface area contributed by atoms with Gasteiger partial charge >= 0.3 is 0 Å². The fraction of sp³-hybridized carbons (Fsp3) is 0.174. The molecule has 0 spiro atoms. The number of carbonyl (C=O) groups excluding carboxylic acids is 1. The number of aryl methyl sites for hydroxylation is 1. The monoisotopic (exact) mass is 432 g/mol. The number of thiophene rings is 1. The van der Waals surface area contributed by atoms with Gasteiger partial charge in [-0.25, -0.2) is 9.97 Å². The Labute approximate surface area is 182 Å². The molecule has 3 aromatic heterocycles. The summed E-state index contributed by atoms with van der Waals surface area (Å²) in [5.74, 6) is -0.0411. The van der Waals surface area contributed by atoms with Gasteiger partial charge in [-0.1, -0.05) is 30.0 Å². The van der Waals surface area contributed by atoms with E-state index in [-0.39, 0.29) is 11.2 Å². The van der Waals surface area contributed by atoms with Gasteiger partial charge in [0, 0.05) is 39.4 Å². The minimum absolute atomic E-state index is 0.0411. The maximum absolute atomic E-state index is 12.9. The maximum atomic E-state index is 12.9. The van der Waals surface area contributed by atoms with Crippen molar-refractivity contribution in [2.24, 2.45) is 0 Å². The molecule has 0 bridgehead atoms. The molecule has 1 atom stereocenters. The normalized spacial score (nSPS) is 12.6. The van der Waals surface area contributed by atoms with Gasteiger partial charge < -0.3 is 9.88 Å². The van der Waals surface area contributed by atoms with Crippen LogP contribution in [0.2, 0.25) is 0 Å². The lowest BCUT2D eigenvalue weighted by Crippen LogP contribution is -2.22. The molecule has 0 saturated heterocycles. The molecule has 2 aromatic carbocycles. The summed E-state index contributed by atoms with van der Waals surface area (Å²) in [6, 6.07) is 16.5. The average Bonchev–Trinajstić information content (AvgIpc) is 3.36. The number of nitrogens with zero attached hydrogens (tertiary/aromatic N) is 3. The number of para-hydroxylation sites is 1. The second kappa shape index (κ2) is 7.74. The quantitative estimate of drug-likeness (QED) is 0.276. The van der Waals surface area contributed by atoms with E-state index in [0.717, 1.165) is 32.9 Å². The number of rotatable bonds is 5. The second-order valence-corrected chi connectivity index (χ2v) is 9.28. The molecule has 1 unspecified atom stereocenters. The first-order valence-corrected chi connectivity index (χ1v) is 11.6. The standard InChI is InChI=1S/C23H20N4OS2/c1-3-27-19-7-5-4-6-16(19)18-12-15(8-9-20(18)27)26-21(28)14(2)30-23-17-10-11-29-22(17)24-13-25-23/h4-14H,3H2,1-2H3,(H,26,28). The van der Waals surface area contributed by atoms with Crippen LogP contribution in [0, 0.1) is 0 Å². The van der Waals surface area contributed by atoms with Crippen LogP contribution in [-0.4, -0.2) is 25.7 Å². The Kier molecular flexibility index (Phi) is 4.92. The molecule has 5 aromatic rings. The summed E-state index contributed by atoms with van der Waals surface area (Å²) in [4.78, 5) is 22.5. The van der Waals surface area contributed by atoms with E-state index in [9.17, 15) is 4.79 Å². The van der Waals surface area contributed by atoms with Crippen LogP contribution < -0.4 is 5.32 Å². The van der Waals surface area contributed by atoms with Gasteiger partial charge in [-0.15, -0.1) is 11.3 Å². The Balaban J connectivity index is 1.41. The summed E-state index contributed by atoms with van der Waals surface area (Å²) < 4.78 is 2.30. The summed E-state index contributed by atoms with van der Waals surface area (Å²) in [7, 11) is 0. The summed E-state index contributed by atoms with van der Waals surface area (Å²) in [6.07, 6.45) is 1.56. The third-order valence-electron chi connectivity index (χ3n) is 5.24. The molecule has 7 heteroatoms. The Morgan fingerprint density at radius 3 is 2.80 bits per heavy atom. The molecule has 1 N–H and O–H groups in total. The lowest BCUT2D eigenvalue weighted by atomic mass is 10.1. The van der Waals surface area contributed by atoms with E-state index in [1.54, 1.807) is 17.7 Å². The minimum Gasteiger partial charge on any atom is -0.341 e. The van der Waals surface area contributed by atoms with Crippen LogP contribution in [0.25, 0.3) is 32.0 Å². The van der Waals surface area contributed by atoms with Crippen molar-refractivity contribution in [1.29, 1.82) is 0 Å². The zero-order chi connectivity index (χ0) is 20.7. The van der Waals surface area contributed by atoms with Gasteiger partial charge in [0.1, 0.15) is 16.2 Å². The third-order valence-corrected chi connectivity index (χ3v) is 7.18. The van der Waals surface area contributed by atoms with Gasteiger partial charge in [0.25, 0.3) is 0 Å². The number of hydrogen-bond donors (Lipinski definition) is 1. The first-order chi connectivity index (χ1) is 14.7. The summed E-state index contributed by atoms with van der Waals surface area (Å²) in [5, 5.41) is 8.99. The van der Waals surface area contributed by atoms with Gasteiger partial charge in [-0.05, 0) is 49.6 Å². The minimum atomic E-state index is -0.282. The summed E-state index contributed by atoms with van der Waals surface area (Å²) in [6.45, 7) is 4.96. The molecule has 0 aliphatic heterocycles. The van der Waals surface area contributed by atoms with E-state index >= 15 is 0 Å². The third kappa shape index (κ3) is 3.24. The topological polar surface area (TPSA) is 59.8 Å². The molecule has 0 saturated carbocycles. The molecule has 0 radical (unpaired) electrons. The Morgan fingerprint density at radius 1 is 1.10 bits per heavy atom. The number of nitrogens with one attached hydrogen (secondary N) is 1. The zero-order valence-corrected chi connectivity index (χ0v) is 18.3. The molecule has 1 amide bonds. The van der Waals surface area contributed by atoms with E-state index in [1.165, 1.54) is 28.2 Å². The van der Waals surface area contributed by atoms with Gasteiger partial charge in [0.05, 0.1) is 5.25 Å². The van der Waals surface area contributed by atoms with Crippen molar-refractivity contribution in [3.8, 4) is 0 Å². The largest absolute Gasteiger partial charge is 0.341 e. The smallest absolute Gasteiger partial charge is 0.237 e. The summed E-state index contributed by atoms with van der Waals surface area (Å²) in [5.41, 5.74) is 3.20. The fourth-order valence-electron chi connectivity index (χ4n) is 3.80. The molecule has 150 valence electrons. The number of anilines is 1. The predicted molar refractivity (Wildman–Crippen MR) is 126 cm³/mol. The molecule has 0 fully saturated rings. The first-order valence-electron chi connectivity index (χ1n) is 9.82. The highest BCUT2D eigenvalue weighted by molar-refractivity contribution is 8.00. The predicted octanol–water partition coefficient (Wildman–Crippen LogP) is 5.94. The van der Waals surface area contributed by atoms with Crippen LogP contribution in [0.3, 0.4) is 0 Å². The first kappa shape index (κ1) is 19.1. The number of hydrogen-bond acceptors (Lipinski definition) is 5. The van der Waals surface area contributed by atoms with Crippen molar-refractivity contribution in [2.75, 3.05) is 5.32 Å². The number of thioether (sulfide) groups is 1. The Hall–Kier alpha value is -2.90. The van der Waals surface area contributed by atoms with Crippen molar-refractivity contribution in [2.45, 2.75) is 30.7 Å². The molecular formula is C23H20N4OS2. The van der Waals surface area contributed by atoms with E-state index in [4.69, 9.17) is 0 Å². The van der Waals surface area contributed by atoms with Crippen molar-refractivity contribution in [3.63, 3.8) is 0 Å². The van der Waals surface area contributed by atoms with Gasteiger partial charge in [-0.3, -0.25) is 4.79 Å². The molecule has 3 heterocycles. The summed E-state index contributed by atoms with van der Waals surface area (Å²) >= 11 is 3.04. The number of aromatic nitrogens is 3. The molecule has 5 nitrogen and oxygen atoms in total. The SMILES string of the molecule is CCn1c2ccccc2c2cc(NC(=O)C(C)Sc3ncnc4sccc34)ccc21. The average molecular weight is 433 g/mol. The fourth-order valence-corrected chi connectivity index (χ4v) is 5.50. The highest BCUT2D eigenvalue weighted by Gasteiger charge is 2.18. The van der Waals surface area contributed by atoms with Crippen LogP contribution in [0.5, 0.6) is 0 Å². The lowest BCUT2D eigenvalue weighted by molar-refractivity contribution is -0.115. The highest BCUT2D eigenvalue weighted by Crippen LogP contribution is 2.33. The van der Waals surface area contributed by atoms with Gasteiger partial charge in [0.15, 0.2) is 0 Å². The Morgan fingerprint density at radius 2 is 1.93 bits per heavy atom. The number of benzene rings is 2. The second-order valence-electron chi connectivity index (χ2n) is 7.06. The van der Waals surface area contributed by atoms with Gasteiger partial charge in [-0.2, -0.15) is 0 Å². The van der Waals surface area contributed by atoms with E-state index in [0.29, 0.717) is 0 Å². The number of fused-ring (bicyclic) bond motifs is 4. The zero-order valence-electron chi connectivity index (χ0n) is 16.6. The molecular weight excluding hydrogens is 412 g/mol. The van der Waals surface area contributed by atoms with Crippen LogP contribution in [-0.2, 0) is 11.3 Å². The molecule has 0 aliphatic carbocycles. The van der Waals surface area contributed by atoms with E-state index < -0.39 is 0 Å². The van der Waals surface area contributed by atoms with Crippen LogP contribution >= 0.6 is 23.1 Å². The van der Waals surface area contributed by atoms with Crippen molar-refractivity contribution < 1.29 is 4.79 Å². The number of amides is 1. The maximum Gasteiger partial charge on any atom is 0.237 e. The van der Waals surface area contributed by atoms with Crippen molar-refractivity contribution in [1.82, 2.24) is 14.5 Å². The Bertz CT molecular complexity index is 1390. The van der Waals surface area contributed by atoms with Crippen LogP contribution in [0.1, 0.15) is 13.8 Å². The van der Waals surface area contributed by atoms with Crippen LogP contribution in [0.15, 0.2) is 65.3 Å². The number of carbonyl (C=O) groups is 1. The highest BCUT2D eigenvalue weighted by atomic mass is 32.2. The van der Waals surface area contributed by atoms with Gasteiger partial charge in [0.2, 0.25) is 5.91 Å². The molecule has 5 rings (SSSR count). The van der Waals surface area contributed by atoms with Crippen molar-refractivity contribution >= 4 is 66.7 Å². The molecule has 0 aliphatic rings. The van der Waals surface area contributed by atoms with E-state index in [1.807, 2.05) is 24.4 Å². The lowest BCUT2D eigenvalue weighted by Gasteiger charge is -2.12.